The highest BCUT2D eigenvalue weighted by molar-refractivity contribution is 7.92. The van der Waals surface area contributed by atoms with Crippen molar-refractivity contribution in [2.75, 3.05) is 24.2 Å². The number of likely N-dealkylation sites (N-methyl/N-ethyl adjacent to an activating group) is 1. The van der Waals surface area contributed by atoms with E-state index in [4.69, 9.17) is 23.2 Å². The lowest BCUT2D eigenvalue weighted by atomic mass is 10.0. The molecule has 0 aliphatic rings. The Hall–Kier alpha value is -3.07. The molecule has 1 atom stereocenters. The van der Waals surface area contributed by atoms with Gasteiger partial charge in [0, 0.05) is 30.1 Å². The van der Waals surface area contributed by atoms with Crippen LogP contribution in [0.2, 0.25) is 10.0 Å². The molecule has 3 aromatic carbocycles. The second-order valence-electron chi connectivity index (χ2n) is 8.63. The van der Waals surface area contributed by atoms with E-state index in [0.29, 0.717) is 26.9 Å². The van der Waals surface area contributed by atoms with Crippen LogP contribution < -0.4 is 9.62 Å². The number of rotatable bonds is 10. The molecular weight excluding hydrogens is 533 g/mol. The van der Waals surface area contributed by atoms with Crippen molar-refractivity contribution < 1.29 is 18.0 Å². The Morgan fingerprint density at radius 2 is 1.62 bits per heavy atom. The highest BCUT2D eigenvalue weighted by Gasteiger charge is 2.33. The third-order valence-electron chi connectivity index (χ3n) is 5.92. The quantitative estimate of drug-likeness (QED) is 0.396. The van der Waals surface area contributed by atoms with E-state index in [9.17, 15) is 18.0 Å². The molecular formula is C27H29Cl2N3O4S. The van der Waals surface area contributed by atoms with Gasteiger partial charge in [-0.1, -0.05) is 71.7 Å². The fraction of sp³-hybridized carbons (Fsp3) is 0.259. The van der Waals surface area contributed by atoms with E-state index in [2.05, 4.69) is 5.32 Å². The first kappa shape index (κ1) is 28.5. The lowest BCUT2D eigenvalue weighted by Crippen LogP contribution is -2.53. The van der Waals surface area contributed by atoms with E-state index < -0.39 is 28.5 Å². The number of benzene rings is 3. The van der Waals surface area contributed by atoms with E-state index in [1.807, 2.05) is 30.3 Å². The summed E-state index contributed by atoms with van der Waals surface area (Å²) in [5.74, 6) is -0.929. The largest absolute Gasteiger partial charge is 0.357 e. The van der Waals surface area contributed by atoms with Gasteiger partial charge in [0.1, 0.15) is 12.6 Å². The molecule has 1 N–H and O–H groups in total. The van der Waals surface area contributed by atoms with Gasteiger partial charge in [-0.2, -0.15) is 0 Å². The zero-order valence-electron chi connectivity index (χ0n) is 20.8. The number of hydrogen-bond donors (Lipinski definition) is 1. The highest BCUT2D eigenvalue weighted by atomic mass is 35.5. The van der Waals surface area contributed by atoms with Crippen molar-refractivity contribution in [2.24, 2.45) is 0 Å². The first-order chi connectivity index (χ1) is 17.5. The van der Waals surface area contributed by atoms with Gasteiger partial charge in [-0.25, -0.2) is 8.42 Å². The summed E-state index contributed by atoms with van der Waals surface area (Å²) < 4.78 is 26.7. The molecule has 0 aromatic heterocycles. The standard InChI is InChI=1S/C27H29Cl2N3O4S/c1-19-15-22(28)13-14-24(19)32(37(3,35)36)18-26(33)31(17-21-11-7-8-12-23(21)29)25(27(34)30-2)16-20-9-5-4-6-10-20/h4-15,25H,16-18H2,1-3H3,(H,30,34). The molecule has 7 nitrogen and oxygen atoms in total. The summed E-state index contributed by atoms with van der Waals surface area (Å²) in [6.07, 6.45) is 1.27. The van der Waals surface area contributed by atoms with Gasteiger partial charge >= 0.3 is 0 Å². The molecule has 0 spiro atoms. The molecule has 0 radical (unpaired) electrons. The van der Waals surface area contributed by atoms with Crippen LogP contribution in [-0.2, 0) is 32.6 Å². The number of nitrogens with zero attached hydrogens (tertiary/aromatic N) is 2. The molecule has 1 unspecified atom stereocenters. The van der Waals surface area contributed by atoms with Gasteiger partial charge in [0.2, 0.25) is 21.8 Å². The van der Waals surface area contributed by atoms with E-state index >= 15 is 0 Å². The van der Waals surface area contributed by atoms with Crippen molar-refractivity contribution >= 4 is 50.7 Å². The number of hydrogen-bond acceptors (Lipinski definition) is 4. The van der Waals surface area contributed by atoms with E-state index in [1.165, 1.54) is 11.9 Å². The first-order valence-electron chi connectivity index (χ1n) is 11.5. The topological polar surface area (TPSA) is 86.8 Å². The lowest BCUT2D eigenvalue weighted by molar-refractivity contribution is -0.139. The monoisotopic (exact) mass is 561 g/mol. The Morgan fingerprint density at radius 3 is 2.22 bits per heavy atom. The number of aryl methyl sites for hydroxylation is 1. The zero-order chi connectivity index (χ0) is 27.2. The second-order valence-corrected chi connectivity index (χ2v) is 11.4. The number of halogens is 2. The van der Waals surface area contributed by atoms with Crippen LogP contribution in [0, 0.1) is 6.92 Å². The van der Waals surface area contributed by atoms with Crippen molar-refractivity contribution in [2.45, 2.75) is 25.9 Å². The van der Waals surface area contributed by atoms with Crippen molar-refractivity contribution in [3.05, 3.63) is 99.5 Å². The second kappa shape index (κ2) is 12.4. The minimum atomic E-state index is -3.86. The van der Waals surface area contributed by atoms with Crippen LogP contribution in [0.5, 0.6) is 0 Å². The number of nitrogens with one attached hydrogen (secondary N) is 1. The normalized spacial score (nSPS) is 12.0. The van der Waals surface area contributed by atoms with Crippen LogP contribution in [0.4, 0.5) is 5.69 Å². The molecule has 10 heteroatoms. The molecule has 2 amide bonds. The highest BCUT2D eigenvalue weighted by Crippen LogP contribution is 2.27. The molecule has 0 saturated heterocycles. The summed E-state index contributed by atoms with van der Waals surface area (Å²) in [4.78, 5) is 28.4. The summed E-state index contributed by atoms with van der Waals surface area (Å²) in [5, 5.41) is 3.52. The van der Waals surface area contributed by atoms with Gasteiger partial charge in [0.25, 0.3) is 0 Å². The first-order valence-corrected chi connectivity index (χ1v) is 14.1. The number of carbonyl (C=O) groups excluding carboxylic acids is 2. The lowest BCUT2D eigenvalue weighted by Gasteiger charge is -2.33. The Kier molecular flexibility index (Phi) is 9.59. The summed E-state index contributed by atoms with van der Waals surface area (Å²) in [6.45, 7) is 1.22. The fourth-order valence-electron chi connectivity index (χ4n) is 4.02. The molecule has 0 heterocycles. The molecule has 0 fully saturated rings. The molecule has 3 rings (SSSR count). The third kappa shape index (κ3) is 7.47. The van der Waals surface area contributed by atoms with Crippen LogP contribution in [0.1, 0.15) is 16.7 Å². The zero-order valence-corrected chi connectivity index (χ0v) is 23.1. The maximum atomic E-state index is 13.9. The van der Waals surface area contributed by atoms with Gasteiger partial charge in [-0.15, -0.1) is 0 Å². The van der Waals surface area contributed by atoms with Crippen molar-refractivity contribution in [3.8, 4) is 0 Å². The summed E-state index contributed by atoms with van der Waals surface area (Å²) in [6, 6.07) is 20.2. The van der Waals surface area contributed by atoms with Gasteiger partial charge in [-0.05, 0) is 47.9 Å². The maximum Gasteiger partial charge on any atom is 0.244 e. The van der Waals surface area contributed by atoms with E-state index in [-0.39, 0.29) is 18.9 Å². The van der Waals surface area contributed by atoms with Crippen molar-refractivity contribution in [1.82, 2.24) is 10.2 Å². The van der Waals surface area contributed by atoms with Gasteiger partial charge < -0.3 is 10.2 Å². The van der Waals surface area contributed by atoms with Crippen LogP contribution >= 0.6 is 23.2 Å². The summed E-state index contributed by atoms with van der Waals surface area (Å²) >= 11 is 12.5. The Balaban J connectivity index is 2.06. The third-order valence-corrected chi connectivity index (χ3v) is 7.65. The molecule has 0 aliphatic heterocycles. The number of anilines is 1. The molecule has 196 valence electrons. The molecule has 0 aliphatic carbocycles. The molecule has 37 heavy (non-hydrogen) atoms. The molecule has 0 saturated carbocycles. The van der Waals surface area contributed by atoms with E-state index in [0.717, 1.165) is 16.1 Å². The minimum Gasteiger partial charge on any atom is -0.357 e. The van der Waals surface area contributed by atoms with Crippen molar-refractivity contribution in [1.29, 1.82) is 0 Å². The van der Waals surface area contributed by atoms with Crippen molar-refractivity contribution in [3.63, 3.8) is 0 Å². The van der Waals surface area contributed by atoms with E-state index in [1.54, 1.807) is 49.4 Å². The maximum absolute atomic E-state index is 13.9. The van der Waals surface area contributed by atoms with Crippen LogP contribution in [0.25, 0.3) is 0 Å². The Bertz CT molecular complexity index is 1370. The van der Waals surface area contributed by atoms with Crippen LogP contribution in [-0.4, -0.2) is 51.0 Å². The summed E-state index contributed by atoms with van der Waals surface area (Å²) in [5.41, 5.74) is 2.41. The molecule has 0 bridgehead atoms. The average molecular weight is 563 g/mol. The smallest absolute Gasteiger partial charge is 0.244 e. The SMILES string of the molecule is CNC(=O)C(Cc1ccccc1)N(Cc1ccccc1Cl)C(=O)CN(c1ccc(Cl)cc1C)S(C)(=O)=O. The van der Waals surface area contributed by atoms with Crippen LogP contribution in [0.15, 0.2) is 72.8 Å². The molecule has 3 aromatic rings. The predicted molar refractivity (Wildman–Crippen MR) is 148 cm³/mol. The van der Waals surface area contributed by atoms with Gasteiger partial charge in [0.15, 0.2) is 0 Å². The number of carbonyl (C=O) groups is 2. The number of sulfonamides is 1. The van der Waals surface area contributed by atoms with Gasteiger partial charge in [0.05, 0.1) is 11.9 Å². The van der Waals surface area contributed by atoms with Gasteiger partial charge in [-0.3, -0.25) is 13.9 Å². The summed E-state index contributed by atoms with van der Waals surface area (Å²) in [7, 11) is -2.36. The predicted octanol–water partition coefficient (Wildman–Crippen LogP) is 4.45. The number of amides is 2. The average Bonchev–Trinajstić information content (AvgIpc) is 2.85. The fourth-order valence-corrected chi connectivity index (χ4v) is 5.35. The Labute approximate surface area is 228 Å². The van der Waals surface area contributed by atoms with Crippen LogP contribution in [0.3, 0.4) is 0 Å². The minimum absolute atomic E-state index is 0.0145. The Morgan fingerprint density at radius 1 is 0.973 bits per heavy atom.